The van der Waals surface area contributed by atoms with Crippen molar-refractivity contribution in [2.24, 2.45) is 11.7 Å². The molecule has 9 heteroatoms. The zero-order valence-corrected chi connectivity index (χ0v) is 14.7. The van der Waals surface area contributed by atoms with Crippen LogP contribution in [0, 0.1) is 5.92 Å². The summed E-state index contributed by atoms with van der Waals surface area (Å²) in [5.74, 6) is -2.40. The van der Waals surface area contributed by atoms with E-state index >= 15 is 0 Å². The number of amides is 2. The predicted octanol–water partition coefficient (Wildman–Crippen LogP) is 1.82. The van der Waals surface area contributed by atoms with Gasteiger partial charge < -0.3 is 16.0 Å². The molecule has 2 fully saturated rings. The summed E-state index contributed by atoms with van der Waals surface area (Å²) in [6, 6.07) is 7.38. The van der Waals surface area contributed by atoms with E-state index in [4.69, 9.17) is 5.73 Å². The third kappa shape index (κ3) is 4.12. The van der Waals surface area contributed by atoms with Gasteiger partial charge in [-0.2, -0.15) is 13.2 Å². The van der Waals surface area contributed by atoms with Crippen molar-refractivity contribution < 1.29 is 22.8 Å². The third-order valence-corrected chi connectivity index (χ3v) is 4.97. The average Bonchev–Trinajstić information content (AvgIpc) is 2.96. The smallest absolute Gasteiger partial charge is 0.344 e. The number of nitrogens with one attached hydrogen (secondary N) is 1. The molecule has 0 radical (unpaired) electrons. The molecule has 144 valence electrons. The van der Waals surface area contributed by atoms with Crippen LogP contribution in [-0.2, 0) is 9.59 Å². The first-order valence-electron chi connectivity index (χ1n) is 8.23. The summed E-state index contributed by atoms with van der Waals surface area (Å²) < 4.78 is 38.1. The molecule has 2 aliphatic heterocycles. The number of rotatable bonds is 2. The van der Waals surface area contributed by atoms with Crippen molar-refractivity contribution in [3.8, 4) is 0 Å². The normalized spacial score (nSPS) is 29.1. The molecule has 3 rings (SSSR count). The van der Waals surface area contributed by atoms with E-state index in [9.17, 15) is 22.8 Å². The van der Waals surface area contributed by atoms with Crippen LogP contribution in [0.2, 0.25) is 0 Å². The van der Waals surface area contributed by atoms with Crippen LogP contribution >= 0.6 is 12.4 Å². The van der Waals surface area contributed by atoms with Crippen molar-refractivity contribution in [3.63, 3.8) is 0 Å². The van der Waals surface area contributed by atoms with Crippen molar-refractivity contribution in [2.45, 2.75) is 37.0 Å². The lowest BCUT2D eigenvalue weighted by Crippen LogP contribution is -2.54. The van der Waals surface area contributed by atoms with Gasteiger partial charge in [0.25, 0.3) is 0 Å². The fraction of sp³-hybridized carbons (Fsp3) is 0.529. The molecule has 0 aliphatic carbocycles. The Morgan fingerprint density at radius 3 is 2.38 bits per heavy atom. The van der Waals surface area contributed by atoms with E-state index in [0.717, 1.165) is 5.56 Å². The molecule has 3 N–H and O–H groups in total. The summed E-state index contributed by atoms with van der Waals surface area (Å²) in [5, 5.41) is 1.92. The molecule has 2 amide bonds. The van der Waals surface area contributed by atoms with E-state index in [0.29, 0.717) is 13.1 Å². The Hall–Kier alpha value is -1.80. The Bertz CT molecular complexity index is 656. The second kappa shape index (κ2) is 7.84. The zero-order valence-electron chi connectivity index (χ0n) is 13.9. The number of alkyl halides is 3. The number of halogens is 4. The lowest BCUT2D eigenvalue weighted by Gasteiger charge is -2.31. The highest BCUT2D eigenvalue weighted by Crippen LogP contribution is 2.31. The summed E-state index contributed by atoms with van der Waals surface area (Å²) in [6.07, 6.45) is -4.87. The molecule has 0 bridgehead atoms. The number of nitrogens with two attached hydrogens (primary N) is 1. The first-order valence-corrected chi connectivity index (χ1v) is 8.23. The van der Waals surface area contributed by atoms with E-state index in [2.05, 4.69) is 0 Å². The number of nitrogens with zero attached hydrogens (tertiary/aromatic N) is 1. The Balaban J connectivity index is 0.00000243. The third-order valence-electron chi connectivity index (χ3n) is 4.97. The second-order valence-corrected chi connectivity index (χ2v) is 6.66. The Labute approximate surface area is 155 Å². The number of hydrogen-bond acceptors (Lipinski definition) is 3. The number of benzene rings is 1. The van der Waals surface area contributed by atoms with Gasteiger partial charge in [-0.1, -0.05) is 30.3 Å². The molecule has 26 heavy (non-hydrogen) atoms. The van der Waals surface area contributed by atoms with Gasteiger partial charge in [0.15, 0.2) is 0 Å². The van der Waals surface area contributed by atoms with Gasteiger partial charge in [-0.25, -0.2) is 0 Å². The Morgan fingerprint density at radius 1 is 1.15 bits per heavy atom. The minimum absolute atomic E-state index is 0. The molecule has 2 unspecified atom stereocenters. The first kappa shape index (κ1) is 20.5. The quantitative estimate of drug-likeness (QED) is 0.755. The van der Waals surface area contributed by atoms with Crippen LogP contribution in [0.25, 0.3) is 0 Å². The summed E-state index contributed by atoms with van der Waals surface area (Å²) in [7, 11) is 0. The molecule has 0 saturated carbocycles. The van der Waals surface area contributed by atoms with Crippen LogP contribution in [0.1, 0.15) is 24.3 Å². The zero-order chi connectivity index (χ0) is 18.2. The second-order valence-electron chi connectivity index (χ2n) is 6.66. The lowest BCUT2D eigenvalue weighted by molar-refractivity contribution is -0.172. The van der Waals surface area contributed by atoms with Crippen molar-refractivity contribution in [2.75, 3.05) is 13.1 Å². The molecular formula is C17H21ClF3N3O2. The van der Waals surface area contributed by atoms with Gasteiger partial charge in [0, 0.05) is 25.0 Å². The largest absolute Gasteiger partial charge is 0.408 e. The minimum Gasteiger partial charge on any atom is -0.344 e. The molecule has 4 atom stereocenters. The number of likely N-dealkylation sites (tertiary alicyclic amines) is 1. The molecular weight excluding hydrogens is 371 g/mol. The standard InChI is InChI=1S/C17H20F3N3O2.ClH/c18-17(19,20)14-7-6-11(15(24)22-14)16(25)23-8-12(13(21)9-23)10-4-2-1-3-5-10;/h1-5,11-14H,6-9,21H2,(H,22,24);1H/t11?,12-,13+,14?;/m0./s1. The van der Waals surface area contributed by atoms with Crippen molar-refractivity contribution in [1.82, 2.24) is 10.2 Å². The maximum atomic E-state index is 12.7. The van der Waals surface area contributed by atoms with Gasteiger partial charge in [0.1, 0.15) is 12.0 Å². The topological polar surface area (TPSA) is 75.4 Å². The van der Waals surface area contributed by atoms with Crippen LogP contribution in [0.5, 0.6) is 0 Å². The highest BCUT2D eigenvalue weighted by molar-refractivity contribution is 6.01. The van der Waals surface area contributed by atoms with Gasteiger partial charge in [0.2, 0.25) is 11.8 Å². The van der Waals surface area contributed by atoms with Gasteiger partial charge >= 0.3 is 6.18 Å². The van der Waals surface area contributed by atoms with Crippen molar-refractivity contribution in [1.29, 1.82) is 0 Å². The van der Waals surface area contributed by atoms with Crippen LogP contribution < -0.4 is 11.1 Å². The van der Waals surface area contributed by atoms with Gasteiger partial charge in [-0.3, -0.25) is 9.59 Å². The summed E-state index contributed by atoms with van der Waals surface area (Å²) in [4.78, 5) is 26.1. The van der Waals surface area contributed by atoms with Gasteiger partial charge in [-0.15, -0.1) is 12.4 Å². The highest BCUT2D eigenvalue weighted by Gasteiger charge is 2.47. The Kier molecular flexibility index (Phi) is 6.18. The van der Waals surface area contributed by atoms with Crippen LogP contribution in [0.15, 0.2) is 30.3 Å². The van der Waals surface area contributed by atoms with E-state index in [1.165, 1.54) is 4.90 Å². The molecule has 2 heterocycles. The molecule has 0 spiro atoms. The van der Waals surface area contributed by atoms with Crippen LogP contribution in [0.3, 0.4) is 0 Å². The van der Waals surface area contributed by atoms with Gasteiger partial charge in [-0.05, 0) is 18.4 Å². The van der Waals surface area contributed by atoms with Crippen molar-refractivity contribution in [3.05, 3.63) is 35.9 Å². The molecule has 0 aromatic heterocycles. The Morgan fingerprint density at radius 2 is 1.81 bits per heavy atom. The van der Waals surface area contributed by atoms with Crippen LogP contribution in [0.4, 0.5) is 13.2 Å². The first-order chi connectivity index (χ1) is 11.8. The average molecular weight is 392 g/mol. The molecule has 1 aromatic carbocycles. The summed E-state index contributed by atoms with van der Waals surface area (Å²) in [5.41, 5.74) is 7.15. The minimum atomic E-state index is -4.49. The monoisotopic (exact) mass is 391 g/mol. The van der Waals surface area contributed by atoms with Gasteiger partial charge in [0.05, 0.1) is 0 Å². The predicted molar refractivity (Wildman–Crippen MR) is 91.7 cm³/mol. The van der Waals surface area contributed by atoms with Crippen LogP contribution in [-0.4, -0.2) is 48.1 Å². The SMILES string of the molecule is Cl.N[C@@H]1CN(C(=O)C2CCC(C(F)(F)F)NC2=O)C[C@H]1c1ccccc1. The fourth-order valence-electron chi connectivity index (χ4n) is 3.57. The maximum Gasteiger partial charge on any atom is 0.408 e. The van der Waals surface area contributed by atoms with E-state index in [-0.39, 0.29) is 37.2 Å². The lowest BCUT2D eigenvalue weighted by atomic mass is 9.92. The summed E-state index contributed by atoms with van der Waals surface area (Å²) >= 11 is 0. The molecule has 2 saturated heterocycles. The molecule has 5 nitrogen and oxygen atoms in total. The number of carbonyl (C=O) groups excluding carboxylic acids is 2. The number of carbonyl (C=O) groups is 2. The maximum absolute atomic E-state index is 12.7. The highest BCUT2D eigenvalue weighted by atomic mass is 35.5. The number of piperidine rings is 1. The van der Waals surface area contributed by atoms with E-state index in [1.807, 2.05) is 35.6 Å². The van der Waals surface area contributed by atoms with E-state index < -0.39 is 30.0 Å². The fourth-order valence-corrected chi connectivity index (χ4v) is 3.57. The number of hydrogen-bond donors (Lipinski definition) is 2. The molecule has 1 aromatic rings. The molecule has 2 aliphatic rings. The van der Waals surface area contributed by atoms with E-state index in [1.54, 1.807) is 0 Å². The van der Waals surface area contributed by atoms with Crippen molar-refractivity contribution >= 4 is 24.2 Å². The summed E-state index contributed by atoms with van der Waals surface area (Å²) in [6.45, 7) is 0.668.